The zero-order valence-electron chi connectivity index (χ0n) is 11.3. The van der Waals surface area contributed by atoms with Crippen LogP contribution in [0, 0.1) is 5.92 Å². The third-order valence-electron chi connectivity index (χ3n) is 2.89. The Labute approximate surface area is 118 Å². The predicted molar refractivity (Wildman–Crippen MR) is 75.1 cm³/mol. The molecule has 0 fully saturated rings. The minimum atomic E-state index is -0.605. The van der Waals surface area contributed by atoms with Crippen LogP contribution in [0.1, 0.15) is 25.5 Å². The van der Waals surface area contributed by atoms with Gasteiger partial charge in [-0.15, -0.1) is 0 Å². The van der Waals surface area contributed by atoms with E-state index < -0.39 is 6.10 Å². The molecule has 0 saturated heterocycles. The van der Waals surface area contributed by atoms with Crippen LogP contribution in [-0.2, 0) is 0 Å². The number of ether oxygens (including phenoxy) is 2. The van der Waals surface area contributed by atoms with Crippen molar-refractivity contribution in [2.45, 2.75) is 20.0 Å². The smallest absolute Gasteiger partial charge is 0.179 e. The number of benzene rings is 1. The van der Waals surface area contributed by atoms with Gasteiger partial charge in [0.15, 0.2) is 11.5 Å². The molecule has 5 heteroatoms. The van der Waals surface area contributed by atoms with Gasteiger partial charge in [-0.2, -0.15) is 0 Å². The van der Waals surface area contributed by atoms with E-state index in [0.717, 1.165) is 12.1 Å². The van der Waals surface area contributed by atoms with Gasteiger partial charge in [0.25, 0.3) is 0 Å². The van der Waals surface area contributed by atoms with Gasteiger partial charge in [0, 0.05) is 6.54 Å². The van der Waals surface area contributed by atoms with Crippen molar-refractivity contribution < 1.29 is 14.6 Å². The molecule has 0 aromatic heterocycles. The molecule has 0 aliphatic carbocycles. The number of hydrogen-bond acceptors (Lipinski definition) is 4. The average molecular weight is 286 g/mol. The molecule has 0 bridgehead atoms. The van der Waals surface area contributed by atoms with Crippen molar-refractivity contribution in [3.05, 3.63) is 22.7 Å². The minimum Gasteiger partial charge on any atom is -0.486 e. The molecular formula is C14H20ClNO3. The lowest BCUT2D eigenvalue weighted by Crippen LogP contribution is -2.25. The third kappa shape index (κ3) is 3.75. The average Bonchev–Trinajstić information content (AvgIpc) is 2.38. The molecule has 1 aromatic carbocycles. The van der Waals surface area contributed by atoms with Crippen molar-refractivity contribution in [3.63, 3.8) is 0 Å². The number of rotatable bonds is 5. The Bertz CT molecular complexity index is 437. The van der Waals surface area contributed by atoms with Gasteiger partial charge in [0.2, 0.25) is 0 Å². The van der Waals surface area contributed by atoms with E-state index in [2.05, 4.69) is 19.2 Å². The molecule has 106 valence electrons. The molecule has 0 spiro atoms. The molecule has 19 heavy (non-hydrogen) atoms. The summed E-state index contributed by atoms with van der Waals surface area (Å²) in [4.78, 5) is 0. The lowest BCUT2D eigenvalue weighted by molar-refractivity contribution is 0.163. The second-order valence-corrected chi connectivity index (χ2v) is 5.50. The Morgan fingerprint density at radius 3 is 2.74 bits per heavy atom. The first kappa shape index (κ1) is 14.4. The third-order valence-corrected chi connectivity index (χ3v) is 3.17. The highest BCUT2D eigenvalue weighted by Crippen LogP contribution is 2.39. The summed E-state index contributed by atoms with van der Waals surface area (Å²) in [5.41, 5.74) is 0.741. The van der Waals surface area contributed by atoms with Crippen molar-refractivity contribution in [2.75, 3.05) is 26.3 Å². The van der Waals surface area contributed by atoms with Gasteiger partial charge >= 0.3 is 0 Å². The van der Waals surface area contributed by atoms with E-state index >= 15 is 0 Å². The van der Waals surface area contributed by atoms with Crippen LogP contribution in [0.25, 0.3) is 0 Å². The normalized spacial score (nSPS) is 15.6. The number of hydrogen-bond donors (Lipinski definition) is 2. The lowest BCUT2D eigenvalue weighted by atomic mass is 10.1. The summed E-state index contributed by atoms with van der Waals surface area (Å²) in [5, 5.41) is 13.8. The first-order chi connectivity index (χ1) is 9.08. The molecule has 1 aromatic rings. The maximum Gasteiger partial charge on any atom is 0.179 e. The molecule has 1 aliphatic heterocycles. The molecule has 1 aliphatic rings. The summed E-state index contributed by atoms with van der Waals surface area (Å²) in [6, 6.07) is 3.53. The fourth-order valence-corrected chi connectivity index (χ4v) is 2.22. The Hall–Kier alpha value is -0.970. The van der Waals surface area contributed by atoms with Gasteiger partial charge < -0.3 is 19.9 Å². The van der Waals surface area contributed by atoms with E-state index in [-0.39, 0.29) is 0 Å². The summed E-state index contributed by atoms with van der Waals surface area (Å²) >= 11 is 6.14. The van der Waals surface area contributed by atoms with Crippen LogP contribution in [0.4, 0.5) is 0 Å². The van der Waals surface area contributed by atoms with E-state index in [4.69, 9.17) is 21.1 Å². The largest absolute Gasteiger partial charge is 0.486 e. The van der Waals surface area contributed by atoms with Crippen LogP contribution >= 0.6 is 11.6 Å². The predicted octanol–water partition coefficient (Wildman–Crippen LogP) is 2.39. The number of aliphatic hydroxyl groups excluding tert-OH is 1. The van der Waals surface area contributed by atoms with Crippen LogP contribution in [0.5, 0.6) is 11.5 Å². The molecule has 2 N–H and O–H groups in total. The van der Waals surface area contributed by atoms with E-state index in [1.54, 1.807) is 12.1 Å². The van der Waals surface area contributed by atoms with Crippen molar-refractivity contribution >= 4 is 11.6 Å². The zero-order valence-corrected chi connectivity index (χ0v) is 12.0. The maximum absolute atomic E-state index is 10.1. The van der Waals surface area contributed by atoms with Crippen molar-refractivity contribution in [1.82, 2.24) is 5.32 Å². The quantitative estimate of drug-likeness (QED) is 0.872. The van der Waals surface area contributed by atoms with Gasteiger partial charge in [-0.25, -0.2) is 0 Å². The zero-order chi connectivity index (χ0) is 13.8. The first-order valence-corrected chi connectivity index (χ1v) is 6.93. The Kier molecular flexibility index (Phi) is 4.91. The Balaban J connectivity index is 2.05. The van der Waals surface area contributed by atoms with Crippen LogP contribution in [-0.4, -0.2) is 31.4 Å². The van der Waals surface area contributed by atoms with Gasteiger partial charge in [0.1, 0.15) is 13.2 Å². The molecule has 1 heterocycles. The summed E-state index contributed by atoms with van der Waals surface area (Å²) in [5.74, 6) is 1.73. The minimum absolute atomic E-state index is 0.482. The topological polar surface area (TPSA) is 50.7 Å². The molecule has 4 nitrogen and oxygen atoms in total. The highest BCUT2D eigenvalue weighted by atomic mass is 35.5. The maximum atomic E-state index is 10.1. The van der Waals surface area contributed by atoms with E-state index in [9.17, 15) is 5.11 Å². The summed E-state index contributed by atoms with van der Waals surface area (Å²) < 4.78 is 10.9. The van der Waals surface area contributed by atoms with Crippen molar-refractivity contribution in [2.24, 2.45) is 5.92 Å². The standard InChI is InChI=1S/C14H20ClNO3/c1-9(2)7-16-8-12(17)10-5-11(15)14-13(6-10)18-3-4-19-14/h5-6,9,12,16-17H,3-4,7-8H2,1-2H3. The second-order valence-electron chi connectivity index (χ2n) is 5.09. The monoisotopic (exact) mass is 285 g/mol. The van der Waals surface area contributed by atoms with Crippen molar-refractivity contribution in [1.29, 1.82) is 0 Å². The van der Waals surface area contributed by atoms with Gasteiger partial charge in [-0.3, -0.25) is 0 Å². The summed E-state index contributed by atoms with van der Waals surface area (Å²) in [6.45, 7) is 6.63. The van der Waals surface area contributed by atoms with Crippen LogP contribution in [0.2, 0.25) is 5.02 Å². The van der Waals surface area contributed by atoms with Gasteiger partial charge in [0.05, 0.1) is 11.1 Å². The van der Waals surface area contributed by atoms with Gasteiger partial charge in [-0.1, -0.05) is 25.4 Å². The Morgan fingerprint density at radius 1 is 1.26 bits per heavy atom. The second kappa shape index (κ2) is 6.46. The molecule has 0 amide bonds. The van der Waals surface area contributed by atoms with E-state index in [1.807, 2.05) is 0 Å². The lowest BCUT2D eigenvalue weighted by Gasteiger charge is -2.22. The Morgan fingerprint density at radius 2 is 2.00 bits per heavy atom. The van der Waals surface area contributed by atoms with Crippen LogP contribution in [0.3, 0.4) is 0 Å². The number of aliphatic hydroxyl groups is 1. The van der Waals surface area contributed by atoms with Gasteiger partial charge in [-0.05, 0) is 30.2 Å². The molecule has 2 rings (SSSR count). The molecule has 1 unspecified atom stereocenters. The van der Waals surface area contributed by atoms with Crippen LogP contribution in [0.15, 0.2) is 12.1 Å². The fourth-order valence-electron chi connectivity index (χ4n) is 1.95. The SMILES string of the molecule is CC(C)CNCC(O)c1cc(Cl)c2c(c1)OCCO2. The van der Waals surface area contributed by atoms with E-state index in [0.29, 0.717) is 42.2 Å². The van der Waals surface area contributed by atoms with Crippen LogP contribution < -0.4 is 14.8 Å². The van der Waals surface area contributed by atoms with E-state index in [1.165, 1.54) is 0 Å². The molecule has 1 atom stereocenters. The molecule has 0 saturated carbocycles. The first-order valence-electron chi connectivity index (χ1n) is 6.55. The van der Waals surface area contributed by atoms with Crippen molar-refractivity contribution in [3.8, 4) is 11.5 Å². The highest BCUT2D eigenvalue weighted by molar-refractivity contribution is 6.32. The summed E-state index contributed by atoms with van der Waals surface area (Å²) in [7, 11) is 0. The molecule has 0 radical (unpaired) electrons. The highest BCUT2D eigenvalue weighted by Gasteiger charge is 2.19. The fraction of sp³-hybridized carbons (Fsp3) is 0.571. The number of nitrogens with one attached hydrogen (secondary N) is 1. The summed E-state index contributed by atoms with van der Waals surface area (Å²) in [6.07, 6.45) is -0.605. The molecular weight excluding hydrogens is 266 g/mol. The number of halogens is 1. The number of fused-ring (bicyclic) bond motifs is 1.